The summed E-state index contributed by atoms with van der Waals surface area (Å²) in [6.07, 6.45) is 2.55. The summed E-state index contributed by atoms with van der Waals surface area (Å²) >= 11 is 5.64. The molecular formula is C19H26N2O3S. The van der Waals surface area contributed by atoms with Crippen LogP contribution in [0.5, 0.6) is 5.75 Å². The molecule has 0 aromatic heterocycles. The molecule has 2 aliphatic heterocycles. The summed E-state index contributed by atoms with van der Waals surface area (Å²) in [5.74, 6) is 0.760. The number of rotatable bonds is 4. The molecular weight excluding hydrogens is 336 g/mol. The smallest absolute Gasteiger partial charge is 0.260 e. The van der Waals surface area contributed by atoms with Gasteiger partial charge in [0.2, 0.25) is 0 Å². The number of amides is 1. The average molecular weight is 362 g/mol. The second kappa shape index (κ2) is 8.15. The standard InChI is InChI=1S/C19H26N2O3S/c1-14-11-21(12-15(2)24-14)19(25)16-5-7-17(8-6-16)23-13-18(22)20-9-3-4-10-20/h5-8,14-15H,3-4,9-13H2,1-2H3. The first-order chi connectivity index (χ1) is 12.0. The van der Waals surface area contributed by atoms with Crippen molar-refractivity contribution in [2.24, 2.45) is 0 Å². The maximum absolute atomic E-state index is 12.0. The molecule has 0 radical (unpaired) electrons. The molecule has 2 atom stereocenters. The van der Waals surface area contributed by atoms with E-state index in [9.17, 15) is 4.79 Å². The maximum Gasteiger partial charge on any atom is 0.260 e. The minimum absolute atomic E-state index is 0.0633. The van der Waals surface area contributed by atoms with E-state index in [2.05, 4.69) is 18.7 Å². The van der Waals surface area contributed by atoms with Gasteiger partial charge in [0, 0.05) is 31.7 Å². The fourth-order valence-electron chi connectivity index (χ4n) is 3.42. The Morgan fingerprint density at radius 2 is 1.72 bits per heavy atom. The van der Waals surface area contributed by atoms with Crippen LogP contribution in [0.25, 0.3) is 0 Å². The highest BCUT2D eigenvalue weighted by Crippen LogP contribution is 2.18. The largest absolute Gasteiger partial charge is 0.484 e. The van der Waals surface area contributed by atoms with E-state index < -0.39 is 0 Å². The Morgan fingerprint density at radius 3 is 2.32 bits per heavy atom. The zero-order chi connectivity index (χ0) is 17.8. The van der Waals surface area contributed by atoms with E-state index in [1.807, 2.05) is 29.2 Å². The molecule has 1 amide bonds. The minimum atomic E-state index is 0.0633. The minimum Gasteiger partial charge on any atom is -0.484 e. The summed E-state index contributed by atoms with van der Waals surface area (Å²) in [7, 11) is 0. The summed E-state index contributed by atoms with van der Waals surface area (Å²) in [6.45, 7) is 7.57. The normalized spacial score (nSPS) is 23.6. The Hall–Kier alpha value is -1.66. The summed E-state index contributed by atoms with van der Waals surface area (Å²) < 4.78 is 11.4. The van der Waals surface area contributed by atoms with E-state index in [4.69, 9.17) is 21.7 Å². The van der Waals surface area contributed by atoms with E-state index in [1.54, 1.807) is 0 Å². The van der Waals surface area contributed by atoms with Crippen LogP contribution in [-0.4, -0.2) is 65.7 Å². The highest BCUT2D eigenvalue weighted by molar-refractivity contribution is 7.80. The number of hydrogen-bond acceptors (Lipinski definition) is 4. The Morgan fingerprint density at radius 1 is 1.12 bits per heavy atom. The van der Waals surface area contributed by atoms with Gasteiger partial charge in [-0.2, -0.15) is 0 Å². The third kappa shape index (κ3) is 4.70. The van der Waals surface area contributed by atoms with Crippen molar-refractivity contribution in [2.45, 2.75) is 38.9 Å². The maximum atomic E-state index is 12.0. The highest BCUT2D eigenvalue weighted by Gasteiger charge is 2.24. The molecule has 3 rings (SSSR count). The topological polar surface area (TPSA) is 42.0 Å². The van der Waals surface area contributed by atoms with Crippen LogP contribution in [0.15, 0.2) is 24.3 Å². The molecule has 0 spiro atoms. The van der Waals surface area contributed by atoms with Crippen molar-refractivity contribution >= 4 is 23.1 Å². The van der Waals surface area contributed by atoms with E-state index in [1.165, 1.54) is 0 Å². The molecule has 2 fully saturated rings. The highest BCUT2D eigenvalue weighted by atomic mass is 32.1. The fraction of sp³-hybridized carbons (Fsp3) is 0.579. The molecule has 25 heavy (non-hydrogen) atoms. The molecule has 136 valence electrons. The lowest BCUT2D eigenvalue weighted by Crippen LogP contribution is -2.47. The van der Waals surface area contributed by atoms with Crippen molar-refractivity contribution in [3.05, 3.63) is 29.8 Å². The number of nitrogens with zero attached hydrogens (tertiary/aromatic N) is 2. The van der Waals surface area contributed by atoms with Crippen LogP contribution >= 0.6 is 12.2 Å². The van der Waals surface area contributed by atoms with Crippen molar-refractivity contribution in [2.75, 3.05) is 32.8 Å². The second-order valence-corrected chi connectivity index (χ2v) is 7.26. The van der Waals surface area contributed by atoms with Gasteiger partial charge in [-0.05, 0) is 51.0 Å². The summed E-state index contributed by atoms with van der Waals surface area (Å²) in [6, 6.07) is 7.68. The van der Waals surface area contributed by atoms with Crippen LogP contribution in [-0.2, 0) is 9.53 Å². The molecule has 5 nitrogen and oxygen atoms in total. The van der Waals surface area contributed by atoms with Crippen LogP contribution in [0.1, 0.15) is 32.3 Å². The predicted octanol–water partition coefficient (Wildman–Crippen LogP) is 2.47. The quantitative estimate of drug-likeness (QED) is 0.770. The molecule has 2 saturated heterocycles. The lowest BCUT2D eigenvalue weighted by molar-refractivity contribution is -0.132. The van der Waals surface area contributed by atoms with Gasteiger partial charge >= 0.3 is 0 Å². The van der Waals surface area contributed by atoms with Crippen molar-refractivity contribution in [1.82, 2.24) is 9.80 Å². The van der Waals surface area contributed by atoms with Gasteiger partial charge in [0.1, 0.15) is 10.7 Å². The molecule has 0 saturated carbocycles. The number of hydrogen-bond donors (Lipinski definition) is 0. The van der Waals surface area contributed by atoms with Gasteiger partial charge in [-0.15, -0.1) is 0 Å². The number of benzene rings is 1. The van der Waals surface area contributed by atoms with Gasteiger partial charge in [-0.1, -0.05) is 12.2 Å². The van der Waals surface area contributed by atoms with Gasteiger partial charge in [0.05, 0.1) is 12.2 Å². The monoisotopic (exact) mass is 362 g/mol. The Balaban J connectivity index is 1.54. The number of ether oxygens (including phenoxy) is 2. The molecule has 0 bridgehead atoms. The molecule has 1 aromatic rings. The van der Waals surface area contributed by atoms with Crippen molar-refractivity contribution < 1.29 is 14.3 Å². The van der Waals surface area contributed by atoms with Gasteiger partial charge in [-0.3, -0.25) is 4.79 Å². The van der Waals surface area contributed by atoms with Crippen LogP contribution in [0.4, 0.5) is 0 Å². The number of thiocarbonyl (C=S) groups is 1. The van der Waals surface area contributed by atoms with Crippen molar-refractivity contribution in [3.63, 3.8) is 0 Å². The number of carbonyl (C=O) groups excluding carboxylic acids is 1. The molecule has 0 aliphatic carbocycles. The number of carbonyl (C=O) groups is 1. The van der Waals surface area contributed by atoms with Crippen LogP contribution < -0.4 is 4.74 Å². The van der Waals surface area contributed by atoms with Crippen LogP contribution in [0.2, 0.25) is 0 Å². The van der Waals surface area contributed by atoms with E-state index in [0.717, 1.165) is 49.6 Å². The number of likely N-dealkylation sites (tertiary alicyclic amines) is 1. The average Bonchev–Trinajstić information content (AvgIpc) is 3.13. The first kappa shape index (κ1) is 18.1. The zero-order valence-corrected chi connectivity index (χ0v) is 15.8. The van der Waals surface area contributed by atoms with Crippen LogP contribution in [0.3, 0.4) is 0 Å². The van der Waals surface area contributed by atoms with Gasteiger partial charge in [0.25, 0.3) is 5.91 Å². The van der Waals surface area contributed by atoms with E-state index >= 15 is 0 Å². The summed E-state index contributed by atoms with van der Waals surface area (Å²) in [5, 5.41) is 0. The van der Waals surface area contributed by atoms with Crippen LogP contribution in [0, 0.1) is 0 Å². The summed E-state index contributed by atoms with van der Waals surface area (Å²) in [4.78, 5) is 16.9. The first-order valence-electron chi connectivity index (χ1n) is 8.98. The lowest BCUT2D eigenvalue weighted by Gasteiger charge is -2.37. The van der Waals surface area contributed by atoms with E-state index in [-0.39, 0.29) is 24.7 Å². The summed E-state index contributed by atoms with van der Waals surface area (Å²) in [5.41, 5.74) is 0.995. The second-order valence-electron chi connectivity index (χ2n) is 6.87. The van der Waals surface area contributed by atoms with Gasteiger partial charge < -0.3 is 19.3 Å². The van der Waals surface area contributed by atoms with E-state index in [0.29, 0.717) is 5.75 Å². The molecule has 0 N–H and O–H groups in total. The predicted molar refractivity (Wildman–Crippen MR) is 101 cm³/mol. The van der Waals surface area contributed by atoms with Crippen molar-refractivity contribution in [3.8, 4) is 5.75 Å². The van der Waals surface area contributed by atoms with Crippen molar-refractivity contribution in [1.29, 1.82) is 0 Å². The Bertz CT molecular complexity index is 604. The fourth-order valence-corrected chi connectivity index (χ4v) is 3.71. The first-order valence-corrected chi connectivity index (χ1v) is 9.39. The third-order valence-corrected chi connectivity index (χ3v) is 5.12. The molecule has 2 unspecified atom stereocenters. The lowest BCUT2D eigenvalue weighted by atomic mass is 10.1. The molecule has 1 aromatic carbocycles. The third-order valence-electron chi connectivity index (χ3n) is 4.63. The molecule has 2 aliphatic rings. The molecule has 2 heterocycles. The number of morpholine rings is 1. The van der Waals surface area contributed by atoms with Gasteiger partial charge in [0.15, 0.2) is 6.61 Å². The zero-order valence-electron chi connectivity index (χ0n) is 14.9. The van der Waals surface area contributed by atoms with Gasteiger partial charge in [-0.25, -0.2) is 0 Å². The molecule has 6 heteroatoms. The Kier molecular flexibility index (Phi) is 5.91. The Labute approximate surface area is 154 Å². The SMILES string of the molecule is CC1CN(C(=S)c2ccc(OCC(=O)N3CCCC3)cc2)CC(C)O1.